The predicted molar refractivity (Wildman–Crippen MR) is 151 cm³/mol. The van der Waals surface area contributed by atoms with Crippen LogP contribution in [0.4, 0.5) is 0 Å². The molecule has 0 bridgehead atoms. The lowest BCUT2D eigenvalue weighted by molar-refractivity contribution is -0.148. The molecule has 2 aromatic carbocycles. The number of fused-ring (bicyclic) bond motifs is 1. The van der Waals surface area contributed by atoms with Crippen molar-refractivity contribution in [2.24, 2.45) is 5.92 Å². The molecule has 3 rings (SSSR count). The summed E-state index contributed by atoms with van der Waals surface area (Å²) in [5.74, 6) is 0.174. The zero-order valence-corrected chi connectivity index (χ0v) is 23.4. The van der Waals surface area contributed by atoms with Crippen LogP contribution in [-0.4, -0.2) is 48.0 Å². The van der Waals surface area contributed by atoms with Gasteiger partial charge in [-0.05, 0) is 66.0 Å². The van der Waals surface area contributed by atoms with Crippen molar-refractivity contribution in [3.63, 3.8) is 0 Å². The third-order valence-electron chi connectivity index (χ3n) is 7.39. The fourth-order valence-electron chi connectivity index (χ4n) is 5.03. The van der Waals surface area contributed by atoms with E-state index in [-0.39, 0.29) is 17.7 Å². The number of aryl methyl sites for hydroxylation is 2. The number of carbonyl (C=O) groups is 2. The Kier molecular flexibility index (Phi) is 11.3. The summed E-state index contributed by atoms with van der Waals surface area (Å²) < 4.78 is 0. The topological polar surface area (TPSA) is 88.5 Å². The Balaban J connectivity index is 1.62. The summed E-state index contributed by atoms with van der Waals surface area (Å²) in [6, 6.07) is 16.8. The standard InChI is InChI=1S/C31H43N5O2/c1-5-26-13-11-25(20-32)18-27(26)14-10-24(12-15-30(37)34-17-16-33-23(2)3)19-31(38)35(4)36-21-28-8-6-7-9-29(28)22-36/h6-9,11,13,18,23-24,33H,5,10,12,14-17,19,21-22H2,1-4H3,(H,34,37). The third kappa shape index (κ3) is 8.68. The molecule has 204 valence electrons. The molecule has 0 saturated carbocycles. The summed E-state index contributed by atoms with van der Waals surface area (Å²) in [7, 11) is 1.85. The third-order valence-corrected chi connectivity index (χ3v) is 7.39. The van der Waals surface area contributed by atoms with Crippen LogP contribution in [0, 0.1) is 17.2 Å². The molecular formula is C31H43N5O2. The van der Waals surface area contributed by atoms with Crippen molar-refractivity contribution in [3.8, 4) is 6.07 Å². The van der Waals surface area contributed by atoms with Gasteiger partial charge in [-0.25, -0.2) is 5.01 Å². The number of carbonyl (C=O) groups excluding carboxylic acids is 2. The zero-order chi connectivity index (χ0) is 27.5. The molecule has 7 nitrogen and oxygen atoms in total. The normalized spacial score (nSPS) is 13.7. The smallest absolute Gasteiger partial charge is 0.236 e. The van der Waals surface area contributed by atoms with E-state index in [1.165, 1.54) is 16.7 Å². The van der Waals surface area contributed by atoms with Crippen molar-refractivity contribution < 1.29 is 9.59 Å². The van der Waals surface area contributed by atoms with Gasteiger partial charge in [0.05, 0.1) is 11.6 Å². The first-order chi connectivity index (χ1) is 18.3. The molecule has 0 fully saturated rings. The molecule has 0 aliphatic carbocycles. The fourth-order valence-corrected chi connectivity index (χ4v) is 5.03. The van der Waals surface area contributed by atoms with Gasteiger partial charge in [-0.1, -0.05) is 51.1 Å². The van der Waals surface area contributed by atoms with Gasteiger partial charge in [-0.15, -0.1) is 0 Å². The molecule has 2 aromatic rings. The van der Waals surface area contributed by atoms with Gasteiger partial charge < -0.3 is 10.6 Å². The number of hydrogen-bond donors (Lipinski definition) is 2. The van der Waals surface area contributed by atoms with Crippen LogP contribution in [-0.2, 0) is 35.5 Å². The van der Waals surface area contributed by atoms with E-state index < -0.39 is 0 Å². The number of nitrogens with one attached hydrogen (secondary N) is 2. The van der Waals surface area contributed by atoms with Crippen molar-refractivity contribution in [1.82, 2.24) is 20.7 Å². The number of benzene rings is 2. The number of amides is 2. The maximum atomic E-state index is 13.4. The molecule has 1 heterocycles. The van der Waals surface area contributed by atoms with Crippen LogP contribution in [0.25, 0.3) is 0 Å². The summed E-state index contributed by atoms with van der Waals surface area (Å²) in [6.45, 7) is 9.08. The highest BCUT2D eigenvalue weighted by atomic mass is 16.2. The lowest BCUT2D eigenvalue weighted by Gasteiger charge is -2.29. The summed E-state index contributed by atoms with van der Waals surface area (Å²) in [5.41, 5.74) is 5.58. The molecule has 38 heavy (non-hydrogen) atoms. The van der Waals surface area contributed by atoms with E-state index in [9.17, 15) is 14.9 Å². The molecule has 1 aliphatic rings. The summed E-state index contributed by atoms with van der Waals surface area (Å²) in [6.07, 6.45) is 3.93. The first kappa shape index (κ1) is 29.3. The first-order valence-electron chi connectivity index (χ1n) is 13.9. The van der Waals surface area contributed by atoms with Crippen LogP contribution in [0.1, 0.15) is 74.3 Å². The summed E-state index contributed by atoms with van der Waals surface area (Å²) >= 11 is 0. The van der Waals surface area contributed by atoms with E-state index in [1.54, 1.807) is 5.01 Å². The minimum absolute atomic E-state index is 0.0251. The highest BCUT2D eigenvalue weighted by molar-refractivity contribution is 5.77. The van der Waals surface area contributed by atoms with Gasteiger partial charge in [0.15, 0.2) is 0 Å². The Bertz CT molecular complexity index is 1100. The number of hydrogen-bond acceptors (Lipinski definition) is 5. The maximum absolute atomic E-state index is 13.4. The average molecular weight is 518 g/mol. The van der Waals surface area contributed by atoms with Crippen molar-refractivity contribution in [2.75, 3.05) is 20.1 Å². The maximum Gasteiger partial charge on any atom is 0.236 e. The average Bonchev–Trinajstić information content (AvgIpc) is 3.36. The van der Waals surface area contributed by atoms with Crippen LogP contribution in [0.5, 0.6) is 0 Å². The van der Waals surface area contributed by atoms with Crippen molar-refractivity contribution in [1.29, 1.82) is 5.26 Å². The first-order valence-corrected chi connectivity index (χ1v) is 13.9. The summed E-state index contributed by atoms with van der Waals surface area (Å²) in [5, 5.41) is 19.5. The van der Waals surface area contributed by atoms with E-state index in [0.29, 0.717) is 37.4 Å². The van der Waals surface area contributed by atoms with Gasteiger partial charge in [0.1, 0.15) is 0 Å². The Morgan fingerprint density at radius 1 is 1.05 bits per heavy atom. The van der Waals surface area contributed by atoms with Gasteiger partial charge in [0, 0.05) is 52.1 Å². The van der Waals surface area contributed by atoms with Crippen molar-refractivity contribution >= 4 is 11.8 Å². The number of rotatable bonds is 14. The second-order valence-electron chi connectivity index (χ2n) is 10.6. The highest BCUT2D eigenvalue weighted by Crippen LogP contribution is 2.26. The Labute approximate surface area is 228 Å². The number of nitriles is 1. The van der Waals surface area contributed by atoms with Crippen molar-refractivity contribution in [3.05, 3.63) is 70.3 Å². The monoisotopic (exact) mass is 517 g/mol. The minimum Gasteiger partial charge on any atom is -0.355 e. The van der Waals surface area contributed by atoms with E-state index in [0.717, 1.165) is 44.5 Å². The lowest BCUT2D eigenvalue weighted by Crippen LogP contribution is -2.41. The number of hydrazine groups is 1. The van der Waals surface area contributed by atoms with Crippen LogP contribution in [0.15, 0.2) is 42.5 Å². The van der Waals surface area contributed by atoms with Crippen LogP contribution in [0.3, 0.4) is 0 Å². The van der Waals surface area contributed by atoms with E-state index in [4.69, 9.17) is 0 Å². The highest BCUT2D eigenvalue weighted by Gasteiger charge is 2.26. The number of nitrogens with zero attached hydrogens (tertiary/aromatic N) is 3. The molecule has 1 unspecified atom stereocenters. The van der Waals surface area contributed by atoms with Crippen molar-refractivity contribution in [2.45, 2.75) is 78.4 Å². The SMILES string of the molecule is CCc1ccc(C#N)cc1CCC(CCC(=O)NCCNC(C)C)CC(=O)N(C)N1Cc2ccccc2C1. The van der Waals surface area contributed by atoms with Gasteiger partial charge >= 0.3 is 0 Å². The Hall–Kier alpha value is -3.21. The predicted octanol–water partition coefficient (Wildman–Crippen LogP) is 4.34. The molecule has 2 N–H and O–H groups in total. The molecule has 1 aliphatic heterocycles. The Morgan fingerprint density at radius 3 is 2.39 bits per heavy atom. The lowest BCUT2D eigenvalue weighted by atomic mass is 9.89. The Morgan fingerprint density at radius 2 is 1.76 bits per heavy atom. The van der Waals surface area contributed by atoms with Crippen LogP contribution in [0.2, 0.25) is 0 Å². The quantitative estimate of drug-likeness (QED) is 0.364. The van der Waals surface area contributed by atoms with Gasteiger partial charge in [-0.3, -0.25) is 14.6 Å². The molecule has 0 radical (unpaired) electrons. The van der Waals surface area contributed by atoms with Gasteiger partial charge in [0.25, 0.3) is 0 Å². The fraction of sp³-hybridized carbons (Fsp3) is 0.516. The molecule has 2 amide bonds. The zero-order valence-electron chi connectivity index (χ0n) is 23.4. The molecule has 7 heteroatoms. The van der Waals surface area contributed by atoms with E-state index in [2.05, 4.69) is 54.6 Å². The molecule has 1 atom stereocenters. The largest absolute Gasteiger partial charge is 0.355 e. The molecular weight excluding hydrogens is 474 g/mol. The summed E-state index contributed by atoms with van der Waals surface area (Å²) in [4.78, 5) is 25.9. The minimum atomic E-state index is 0.0251. The van der Waals surface area contributed by atoms with Gasteiger partial charge in [0.2, 0.25) is 11.8 Å². The van der Waals surface area contributed by atoms with Crippen LogP contribution < -0.4 is 10.6 Å². The van der Waals surface area contributed by atoms with E-state index in [1.807, 2.05) is 37.4 Å². The second kappa shape index (κ2) is 14.7. The second-order valence-corrected chi connectivity index (χ2v) is 10.6. The van der Waals surface area contributed by atoms with Gasteiger partial charge in [-0.2, -0.15) is 5.26 Å². The molecule has 0 aromatic heterocycles. The molecule has 0 spiro atoms. The molecule has 0 saturated heterocycles. The van der Waals surface area contributed by atoms with E-state index >= 15 is 0 Å². The van der Waals surface area contributed by atoms with Crippen LogP contribution >= 0.6 is 0 Å².